The molecule has 0 bridgehead atoms. The molecule has 0 spiro atoms. The highest BCUT2D eigenvalue weighted by Crippen LogP contribution is 2.05. The number of nitrogens with one attached hydrogen (secondary N) is 1. The number of piperazine rings is 1. The maximum absolute atomic E-state index is 11.9. The smallest absolute Gasteiger partial charge is 0.322 e. The average molecular weight is 235 g/mol. The Balaban J connectivity index is 1.93. The molecule has 1 aromatic rings. The number of hydrogen-bond acceptors (Lipinski definition) is 4. The van der Waals surface area contributed by atoms with E-state index in [1.807, 2.05) is 0 Å². The average Bonchev–Trinajstić information content (AvgIpc) is 2.29. The van der Waals surface area contributed by atoms with E-state index in [1.165, 1.54) is 0 Å². The molecule has 6 nitrogen and oxygen atoms in total. The fraction of sp³-hybridized carbons (Fsp3) is 0.545. The molecule has 2 heterocycles. The molecule has 1 aliphatic rings. The van der Waals surface area contributed by atoms with Gasteiger partial charge in [-0.25, -0.2) is 14.8 Å². The van der Waals surface area contributed by atoms with Gasteiger partial charge in [0.1, 0.15) is 11.6 Å². The van der Waals surface area contributed by atoms with Gasteiger partial charge in [-0.3, -0.25) is 5.32 Å². The zero-order valence-electron chi connectivity index (χ0n) is 10.2. The number of aryl methyl sites for hydroxylation is 1. The molecule has 0 aliphatic carbocycles. The van der Waals surface area contributed by atoms with E-state index in [4.69, 9.17) is 0 Å². The van der Waals surface area contributed by atoms with Gasteiger partial charge in [0.2, 0.25) is 0 Å². The van der Waals surface area contributed by atoms with E-state index in [0.717, 1.165) is 26.2 Å². The van der Waals surface area contributed by atoms with Gasteiger partial charge in [-0.1, -0.05) is 0 Å². The molecule has 1 saturated heterocycles. The normalized spacial score (nSPS) is 16.9. The zero-order valence-corrected chi connectivity index (χ0v) is 10.2. The lowest BCUT2D eigenvalue weighted by molar-refractivity contribution is 0.164. The van der Waals surface area contributed by atoms with E-state index in [1.54, 1.807) is 24.1 Å². The molecule has 1 aliphatic heterocycles. The molecular formula is C11H17N5O. The molecule has 1 fully saturated rings. The fourth-order valence-electron chi connectivity index (χ4n) is 1.72. The summed E-state index contributed by atoms with van der Waals surface area (Å²) in [5.74, 6) is 1.21. The topological polar surface area (TPSA) is 61.4 Å². The second-order valence-corrected chi connectivity index (χ2v) is 4.21. The van der Waals surface area contributed by atoms with Gasteiger partial charge in [0, 0.05) is 32.4 Å². The lowest BCUT2D eigenvalue weighted by atomic mass is 10.3. The van der Waals surface area contributed by atoms with E-state index >= 15 is 0 Å². The Hall–Kier alpha value is -1.69. The maximum atomic E-state index is 11.9. The first-order valence-corrected chi connectivity index (χ1v) is 5.69. The predicted molar refractivity (Wildman–Crippen MR) is 64.9 cm³/mol. The van der Waals surface area contributed by atoms with E-state index in [9.17, 15) is 4.79 Å². The number of anilines is 1. The molecule has 0 radical (unpaired) electrons. The van der Waals surface area contributed by atoms with Gasteiger partial charge < -0.3 is 9.80 Å². The van der Waals surface area contributed by atoms with Gasteiger partial charge in [0.05, 0.1) is 0 Å². The van der Waals surface area contributed by atoms with Gasteiger partial charge in [0.15, 0.2) is 0 Å². The second kappa shape index (κ2) is 5.09. The third-order valence-electron chi connectivity index (χ3n) is 2.80. The first-order valence-electron chi connectivity index (χ1n) is 5.69. The summed E-state index contributed by atoms with van der Waals surface area (Å²) in [4.78, 5) is 24.1. The van der Waals surface area contributed by atoms with Gasteiger partial charge in [-0.2, -0.15) is 0 Å². The number of urea groups is 1. The first kappa shape index (κ1) is 11.8. The molecule has 0 aromatic carbocycles. The van der Waals surface area contributed by atoms with Crippen LogP contribution >= 0.6 is 0 Å². The molecule has 0 unspecified atom stereocenters. The summed E-state index contributed by atoms with van der Waals surface area (Å²) in [6, 6.07) is 1.61. The highest BCUT2D eigenvalue weighted by Gasteiger charge is 2.19. The summed E-state index contributed by atoms with van der Waals surface area (Å²) in [6.07, 6.45) is 1.64. The highest BCUT2D eigenvalue weighted by atomic mass is 16.2. The van der Waals surface area contributed by atoms with Crippen LogP contribution in [0.25, 0.3) is 0 Å². The van der Waals surface area contributed by atoms with E-state index in [0.29, 0.717) is 11.6 Å². The van der Waals surface area contributed by atoms with Crippen molar-refractivity contribution < 1.29 is 4.79 Å². The van der Waals surface area contributed by atoms with Crippen molar-refractivity contribution >= 4 is 11.8 Å². The van der Waals surface area contributed by atoms with Crippen molar-refractivity contribution in [3.8, 4) is 0 Å². The molecular weight excluding hydrogens is 218 g/mol. The highest BCUT2D eigenvalue weighted by molar-refractivity contribution is 5.88. The maximum Gasteiger partial charge on any atom is 0.323 e. The molecule has 0 atom stereocenters. The monoisotopic (exact) mass is 235 g/mol. The molecule has 2 amide bonds. The van der Waals surface area contributed by atoms with Gasteiger partial charge >= 0.3 is 6.03 Å². The number of carbonyl (C=O) groups excluding carboxylic acids is 1. The number of amides is 2. The number of hydrogen-bond donors (Lipinski definition) is 1. The summed E-state index contributed by atoms with van der Waals surface area (Å²) in [5, 5.41) is 2.78. The molecule has 17 heavy (non-hydrogen) atoms. The van der Waals surface area contributed by atoms with Crippen LogP contribution in [0.2, 0.25) is 0 Å². The minimum absolute atomic E-state index is 0.0869. The lowest BCUT2D eigenvalue weighted by Crippen LogP contribution is -2.48. The van der Waals surface area contributed by atoms with Crippen LogP contribution in [0.5, 0.6) is 0 Å². The quantitative estimate of drug-likeness (QED) is 0.773. The van der Waals surface area contributed by atoms with Crippen LogP contribution in [-0.4, -0.2) is 59.0 Å². The van der Waals surface area contributed by atoms with Crippen molar-refractivity contribution in [2.45, 2.75) is 6.92 Å². The van der Waals surface area contributed by atoms with Crippen molar-refractivity contribution in [2.75, 3.05) is 38.5 Å². The van der Waals surface area contributed by atoms with Crippen LogP contribution in [0, 0.1) is 6.92 Å². The number of carbonyl (C=O) groups is 1. The Bertz CT molecular complexity index is 401. The van der Waals surface area contributed by atoms with Crippen LogP contribution < -0.4 is 5.32 Å². The van der Waals surface area contributed by atoms with Gasteiger partial charge in [0.25, 0.3) is 0 Å². The minimum Gasteiger partial charge on any atom is -0.322 e. The van der Waals surface area contributed by atoms with Crippen LogP contribution in [0.3, 0.4) is 0 Å². The van der Waals surface area contributed by atoms with Crippen LogP contribution in [-0.2, 0) is 0 Å². The molecule has 1 aromatic heterocycles. The third kappa shape index (κ3) is 3.13. The van der Waals surface area contributed by atoms with Gasteiger partial charge in [-0.15, -0.1) is 0 Å². The zero-order chi connectivity index (χ0) is 12.3. The van der Waals surface area contributed by atoms with Crippen molar-refractivity contribution in [2.24, 2.45) is 0 Å². The number of rotatable bonds is 1. The Kier molecular flexibility index (Phi) is 3.53. The molecule has 92 valence electrons. The number of aromatic nitrogens is 2. The SMILES string of the molecule is Cc1nccc(NC(=O)N2CCN(C)CC2)n1. The predicted octanol–water partition coefficient (Wildman–Crippen LogP) is 0.564. The molecule has 6 heteroatoms. The standard InChI is InChI=1S/C11H17N5O/c1-9-12-4-3-10(13-9)14-11(17)16-7-5-15(2)6-8-16/h3-4H,5-8H2,1-2H3,(H,12,13,14,17). The van der Waals surface area contributed by atoms with E-state index in [-0.39, 0.29) is 6.03 Å². The largest absolute Gasteiger partial charge is 0.323 e. The van der Waals surface area contributed by atoms with E-state index in [2.05, 4.69) is 27.2 Å². The van der Waals surface area contributed by atoms with E-state index < -0.39 is 0 Å². The second-order valence-electron chi connectivity index (χ2n) is 4.21. The molecule has 1 N–H and O–H groups in total. The summed E-state index contributed by atoms with van der Waals surface area (Å²) < 4.78 is 0. The Morgan fingerprint density at radius 1 is 1.35 bits per heavy atom. The van der Waals surface area contributed by atoms with Crippen molar-refractivity contribution in [3.05, 3.63) is 18.1 Å². The Morgan fingerprint density at radius 3 is 2.71 bits per heavy atom. The van der Waals surface area contributed by atoms with Crippen molar-refractivity contribution in [3.63, 3.8) is 0 Å². The van der Waals surface area contributed by atoms with Crippen LogP contribution in [0.15, 0.2) is 12.3 Å². The first-order chi connectivity index (χ1) is 8.15. The van der Waals surface area contributed by atoms with Crippen LogP contribution in [0.1, 0.15) is 5.82 Å². The van der Waals surface area contributed by atoms with Gasteiger partial charge in [-0.05, 0) is 20.0 Å². The number of likely N-dealkylation sites (N-methyl/N-ethyl adjacent to an activating group) is 1. The Labute approximate surface area is 101 Å². The summed E-state index contributed by atoms with van der Waals surface area (Å²) in [6.45, 7) is 5.14. The summed E-state index contributed by atoms with van der Waals surface area (Å²) in [7, 11) is 2.06. The third-order valence-corrected chi connectivity index (χ3v) is 2.80. The van der Waals surface area contributed by atoms with Crippen molar-refractivity contribution in [1.29, 1.82) is 0 Å². The van der Waals surface area contributed by atoms with Crippen molar-refractivity contribution in [1.82, 2.24) is 19.8 Å². The molecule has 2 rings (SSSR count). The minimum atomic E-state index is -0.0869. The number of nitrogens with zero attached hydrogens (tertiary/aromatic N) is 4. The lowest BCUT2D eigenvalue weighted by Gasteiger charge is -2.32. The molecule has 0 saturated carbocycles. The summed E-state index contributed by atoms with van der Waals surface area (Å²) in [5.41, 5.74) is 0. The van der Waals surface area contributed by atoms with Crippen LogP contribution in [0.4, 0.5) is 10.6 Å². The summed E-state index contributed by atoms with van der Waals surface area (Å²) >= 11 is 0. The fourth-order valence-corrected chi connectivity index (χ4v) is 1.72. The Morgan fingerprint density at radius 2 is 2.06 bits per heavy atom.